The molecule has 2 N–H and O–H groups in total. The first-order valence-electron chi connectivity index (χ1n) is 9.79. The molecular formula is C20H31N3O3. The second-order valence-electron chi connectivity index (χ2n) is 7.14. The lowest BCUT2D eigenvalue weighted by Gasteiger charge is -2.34. The molecule has 0 aromatic heterocycles. The second-order valence-corrected chi connectivity index (χ2v) is 7.14. The Morgan fingerprint density at radius 3 is 2.58 bits per heavy atom. The van der Waals surface area contributed by atoms with Crippen LogP contribution in [-0.2, 0) is 4.74 Å². The first kappa shape index (κ1) is 19.3. The van der Waals surface area contributed by atoms with Crippen LogP contribution < -0.4 is 5.32 Å². The van der Waals surface area contributed by atoms with Gasteiger partial charge >= 0.3 is 0 Å². The Kier molecular flexibility index (Phi) is 7.43. The minimum Gasteiger partial charge on any atom is -0.394 e. The molecule has 2 saturated heterocycles. The van der Waals surface area contributed by atoms with Crippen LogP contribution in [0.3, 0.4) is 0 Å². The largest absolute Gasteiger partial charge is 0.394 e. The number of aliphatic hydroxyl groups excluding tert-OH is 1. The molecule has 6 nitrogen and oxygen atoms in total. The molecule has 2 aliphatic rings. The SMILES string of the molecule is O=C(c1ccc(C2CCCNC2)cc1)N1CCN(CCOCCO)CC1. The molecule has 26 heavy (non-hydrogen) atoms. The predicted octanol–water partition coefficient (Wildman–Crippen LogP) is 0.920. The summed E-state index contributed by atoms with van der Waals surface area (Å²) in [4.78, 5) is 17.0. The molecule has 1 atom stereocenters. The topological polar surface area (TPSA) is 65.0 Å². The lowest BCUT2D eigenvalue weighted by Crippen LogP contribution is -2.49. The molecule has 1 unspecified atom stereocenters. The average molecular weight is 361 g/mol. The number of rotatable bonds is 7. The van der Waals surface area contributed by atoms with Gasteiger partial charge in [0.15, 0.2) is 0 Å². The molecule has 1 aromatic rings. The van der Waals surface area contributed by atoms with Crippen LogP contribution in [0.15, 0.2) is 24.3 Å². The van der Waals surface area contributed by atoms with Gasteiger partial charge in [-0.1, -0.05) is 12.1 Å². The predicted molar refractivity (Wildman–Crippen MR) is 102 cm³/mol. The van der Waals surface area contributed by atoms with E-state index in [1.165, 1.54) is 18.4 Å². The number of amides is 1. The van der Waals surface area contributed by atoms with Crippen molar-refractivity contribution in [1.82, 2.24) is 15.1 Å². The first-order chi connectivity index (χ1) is 12.8. The quantitative estimate of drug-likeness (QED) is 0.707. The Labute approximate surface area is 156 Å². The minimum atomic E-state index is 0.0678. The molecule has 2 fully saturated rings. The monoisotopic (exact) mass is 361 g/mol. The third-order valence-electron chi connectivity index (χ3n) is 5.37. The van der Waals surface area contributed by atoms with Crippen LogP contribution in [0.2, 0.25) is 0 Å². The van der Waals surface area contributed by atoms with Gasteiger partial charge in [-0.25, -0.2) is 0 Å². The summed E-state index contributed by atoms with van der Waals surface area (Å²) < 4.78 is 5.31. The molecule has 6 heteroatoms. The van der Waals surface area contributed by atoms with E-state index in [0.29, 0.717) is 19.1 Å². The normalized spacial score (nSPS) is 21.7. The number of aliphatic hydroxyl groups is 1. The van der Waals surface area contributed by atoms with Gasteiger partial charge in [0.05, 0.1) is 19.8 Å². The molecule has 0 bridgehead atoms. The fourth-order valence-electron chi connectivity index (χ4n) is 3.75. The molecule has 2 aliphatic heterocycles. The van der Waals surface area contributed by atoms with E-state index in [-0.39, 0.29) is 12.5 Å². The summed E-state index contributed by atoms with van der Waals surface area (Å²) in [6, 6.07) is 8.22. The van der Waals surface area contributed by atoms with Gasteiger partial charge in [-0.15, -0.1) is 0 Å². The van der Waals surface area contributed by atoms with Gasteiger partial charge < -0.3 is 20.1 Å². The summed E-state index contributed by atoms with van der Waals surface area (Å²) >= 11 is 0. The maximum Gasteiger partial charge on any atom is 0.253 e. The van der Waals surface area contributed by atoms with E-state index in [0.717, 1.165) is 51.4 Å². The molecule has 0 spiro atoms. The Morgan fingerprint density at radius 1 is 1.15 bits per heavy atom. The van der Waals surface area contributed by atoms with Crippen molar-refractivity contribution < 1.29 is 14.6 Å². The third-order valence-corrected chi connectivity index (χ3v) is 5.37. The maximum absolute atomic E-state index is 12.7. The van der Waals surface area contributed by atoms with Crippen molar-refractivity contribution in [2.24, 2.45) is 0 Å². The van der Waals surface area contributed by atoms with E-state index in [1.54, 1.807) is 0 Å². The summed E-state index contributed by atoms with van der Waals surface area (Å²) in [5.41, 5.74) is 2.12. The summed E-state index contributed by atoms with van der Waals surface area (Å²) in [5, 5.41) is 12.2. The van der Waals surface area contributed by atoms with Crippen molar-refractivity contribution in [1.29, 1.82) is 0 Å². The number of nitrogens with one attached hydrogen (secondary N) is 1. The van der Waals surface area contributed by atoms with Gasteiger partial charge in [-0.2, -0.15) is 0 Å². The van der Waals surface area contributed by atoms with Gasteiger partial charge in [-0.05, 0) is 43.0 Å². The highest BCUT2D eigenvalue weighted by atomic mass is 16.5. The van der Waals surface area contributed by atoms with Crippen LogP contribution in [0, 0.1) is 0 Å². The van der Waals surface area contributed by atoms with E-state index >= 15 is 0 Å². The van der Waals surface area contributed by atoms with Crippen LogP contribution in [0.25, 0.3) is 0 Å². The van der Waals surface area contributed by atoms with Crippen molar-refractivity contribution in [2.45, 2.75) is 18.8 Å². The molecule has 0 saturated carbocycles. The van der Waals surface area contributed by atoms with Crippen molar-refractivity contribution in [3.8, 4) is 0 Å². The zero-order valence-electron chi connectivity index (χ0n) is 15.5. The number of hydrogen-bond donors (Lipinski definition) is 2. The standard InChI is InChI=1S/C20H31N3O3/c24-13-15-26-14-12-22-8-10-23(11-9-22)20(25)18-5-3-17(4-6-18)19-2-1-7-21-16-19/h3-6,19,21,24H,1-2,7-16H2. The second kappa shape index (κ2) is 10.0. The van der Waals surface area contributed by atoms with E-state index in [4.69, 9.17) is 9.84 Å². The fraction of sp³-hybridized carbons (Fsp3) is 0.650. The molecule has 0 radical (unpaired) electrons. The number of nitrogens with zero attached hydrogens (tertiary/aromatic N) is 2. The summed E-state index contributed by atoms with van der Waals surface area (Å²) in [7, 11) is 0. The number of hydrogen-bond acceptors (Lipinski definition) is 5. The Balaban J connectivity index is 1.46. The molecule has 1 amide bonds. The fourth-order valence-corrected chi connectivity index (χ4v) is 3.75. The Bertz CT molecular complexity index is 550. The number of ether oxygens (including phenoxy) is 1. The zero-order valence-corrected chi connectivity index (χ0v) is 15.5. The van der Waals surface area contributed by atoms with E-state index in [1.807, 2.05) is 17.0 Å². The number of piperazine rings is 1. The number of piperidine rings is 1. The van der Waals surface area contributed by atoms with Crippen LogP contribution in [0.4, 0.5) is 0 Å². The molecule has 1 aromatic carbocycles. The van der Waals surface area contributed by atoms with Crippen molar-refractivity contribution >= 4 is 5.91 Å². The van der Waals surface area contributed by atoms with E-state index in [9.17, 15) is 4.79 Å². The molecule has 144 valence electrons. The summed E-state index contributed by atoms with van der Waals surface area (Å²) in [6.07, 6.45) is 2.45. The van der Waals surface area contributed by atoms with Crippen LogP contribution in [0.5, 0.6) is 0 Å². The van der Waals surface area contributed by atoms with Gasteiger partial charge in [0, 0.05) is 44.8 Å². The zero-order chi connectivity index (χ0) is 18.2. The highest BCUT2D eigenvalue weighted by Crippen LogP contribution is 2.23. The number of carbonyl (C=O) groups is 1. The Morgan fingerprint density at radius 2 is 1.92 bits per heavy atom. The lowest BCUT2D eigenvalue weighted by molar-refractivity contribution is 0.0486. The molecule has 2 heterocycles. The summed E-state index contributed by atoms with van der Waals surface area (Å²) in [5.74, 6) is 0.707. The number of carbonyl (C=O) groups excluding carboxylic acids is 1. The molecule has 0 aliphatic carbocycles. The average Bonchev–Trinajstić information content (AvgIpc) is 2.72. The van der Waals surface area contributed by atoms with Crippen LogP contribution in [0.1, 0.15) is 34.7 Å². The van der Waals surface area contributed by atoms with E-state index in [2.05, 4.69) is 22.3 Å². The highest BCUT2D eigenvalue weighted by molar-refractivity contribution is 5.94. The van der Waals surface area contributed by atoms with Crippen molar-refractivity contribution in [3.63, 3.8) is 0 Å². The van der Waals surface area contributed by atoms with Gasteiger partial charge in [0.2, 0.25) is 0 Å². The van der Waals surface area contributed by atoms with E-state index < -0.39 is 0 Å². The van der Waals surface area contributed by atoms with Crippen LogP contribution >= 0.6 is 0 Å². The van der Waals surface area contributed by atoms with Crippen molar-refractivity contribution in [2.75, 3.05) is 65.6 Å². The van der Waals surface area contributed by atoms with Gasteiger partial charge in [0.25, 0.3) is 5.91 Å². The molecule has 3 rings (SSSR count). The maximum atomic E-state index is 12.7. The Hall–Kier alpha value is -1.47. The number of benzene rings is 1. The van der Waals surface area contributed by atoms with Crippen LogP contribution in [-0.4, -0.2) is 86.4 Å². The van der Waals surface area contributed by atoms with Gasteiger partial charge in [0.1, 0.15) is 0 Å². The van der Waals surface area contributed by atoms with Gasteiger partial charge in [-0.3, -0.25) is 9.69 Å². The summed E-state index contributed by atoms with van der Waals surface area (Å²) in [6.45, 7) is 7.37. The molecular weight excluding hydrogens is 330 g/mol. The lowest BCUT2D eigenvalue weighted by atomic mass is 9.91. The third kappa shape index (κ3) is 5.27. The smallest absolute Gasteiger partial charge is 0.253 e. The van der Waals surface area contributed by atoms with Crippen molar-refractivity contribution in [3.05, 3.63) is 35.4 Å². The highest BCUT2D eigenvalue weighted by Gasteiger charge is 2.22. The minimum absolute atomic E-state index is 0.0678. The first-order valence-corrected chi connectivity index (χ1v) is 9.79.